The zero-order valence-corrected chi connectivity index (χ0v) is 37.1. The van der Waals surface area contributed by atoms with E-state index >= 15 is 0 Å². The molecule has 3 saturated heterocycles. The molecule has 0 spiro atoms. The van der Waals surface area contributed by atoms with Gasteiger partial charge in [0, 0.05) is 56.8 Å². The van der Waals surface area contributed by atoms with Crippen molar-refractivity contribution < 1.29 is 58.4 Å². The molecule has 328 valence electrons. The second kappa shape index (κ2) is 19.8. The highest BCUT2D eigenvalue weighted by molar-refractivity contribution is 5.78. The van der Waals surface area contributed by atoms with Crippen LogP contribution in [0.3, 0.4) is 0 Å². The van der Waals surface area contributed by atoms with Gasteiger partial charge in [-0.1, -0.05) is 27.7 Å². The first-order valence-electron chi connectivity index (χ1n) is 20.9. The van der Waals surface area contributed by atoms with Crippen molar-refractivity contribution in [2.24, 2.45) is 23.7 Å². The Bertz CT molecular complexity index is 1270. The summed E-state index contributed by atoms with van der Waals surface area (Å²) in [4.78, 5) is 31.5. The third-order valence-electron chi connectivity index (χ3n) is 13.3. The van der Waals surface area contributed by atoms with E-state index in [2.05, 4.69) is 4.90 Å². The number of aliphatic hydroxyl groups is 4. The van der Waals surface area contributed by atoms with Gasteiger partial charge in [-0.2, -0.15) is 0 Å². The van der Waals surface area contributed by atoms with E-state index in [0.717, 1.165) is 0 Å². The van der Waals surface area contributed by atoms with Gasteiger partial charge in [-0.3, -0.25) is 9.59 Å². The molecule has 0 amide bonds. The smallest absolute Gasteiger partial charge is 0.311 e. The molecule has 0 aromatic carbocycles. The third-order valence-corrected chi connectivity index (χ3v) is 13.3. The number of aliphatic hydroxyl groups excluding tert-OH is 2. The molecule has 3 rings (SSSR count). The quantitative estimate of drug-likeness (QED) is 0.236. The average molecular weight is 803 g/mol. The number of ketones is 1. The number of carbonyl (C=O) groups is 2. The van der Waals surface area contributed by atoms with Gasteiger partial charge in [-0.25, -0.2) is 0 Å². The van der Waals surface area contributed by atoms with Crippen molar-refractivity contribution in [2.45, 2.75) is 199 Å². The van der Waals surface area contributed by atoms with E-state index in [1.54, 1.807) is 41.5 Å². The van der Waals surface area contributed by atoms with E-state index in [-0.39, 0.29) is 55.6 Å². The Balaban J connectivity index is 2.22. The summed E-state index contributed by atoms with van der Waals surface area (Å²) in [7, 11) is 7.23. The molecule has 0 unspecified atom stereocenters. The predicted octanol–water partition coefficient (Wildman–Crippen LogP) is 3.53. The number of rotatable bonds is 10. The number of cyclic esters (lactones) is 1. The van der Waals surface area contributed by atoms with E-state index < -0.39 is 89.7 Å². The van der Waals surface area contributed by atoms with Crippen LogP contribution < -0.4 is 0 Å². The van der Waals surface area contributed by atoms with Crippen LogP contribution in [0.4, 0.5) is 0 Å². The summed E-state index contributed by atoms with van der Waals surface area (Å²) in [6, 6.07) is -0.584. The van der Waals surface area contributed by atoms with Crippen molar-refractivity contribution in [1.29, 1.82) is 0 Å². The third kappa shape index (κ3) is 11.3. The average Bonchev–Trinajstić information content (AvgIpc) is 3.11. The number of hydrogen-bond acceptors (Lipinski definition) is 14. The molecule has 0 aliphatic carbocycles. The Morgan fingerprint density at radius 2 is 1.61 bits per heavy atom. The number of nitrogens with zero attached hydrogens (tertiary/aromatic N) is 2. The minimum Gasteiger partial charge on any atom is -0.459 e. The fourth-order valence-corrected chi connectivity index (χ4v) is 9.62. The van der Waals surface area contributed by atoms with Crippen molar-refractivity contribution >= 4 is 11.8 Å². The van der Waals surface area contributed by atoms with Gasteiger partial charge in [0.25, 0.3) is 0 Å². The van der Waals surface area contributed by atoms with Crippen LogP contribution in [0.15, 0.2) is 0 Å². The number of esters is 1. The molecule has 0 bridgehead atoms. The Kier molecular flexibility index (Phi) is 17.4. The molecule has 56 heavy (non-hydrogen) atoms. The molecule has 3 aliphatic heterocycles. The van der Waals surface area contributed by atoms with Crippen LogP contribution in [0.2, 0.25) is 0 Å². The zero-order chi connectivity index (χ0) is 42.7. The number of ether oxygens (including phenoxy) is 6. The second-order valence-electron chi connectivity index (χ2n) is 18.4. The molecule has 0 aromatic heterocycles. The highest BCUT2D eigenvalue weighted by Gasteiger charge is 2.53. The van der Waals surface area contributed by atoms with Gasteiger partial charge in [0.1, 0.15) is 29.7 Å². The molecular weight excluding hydrogens is 724 g/mol. The fraction of sp³-hybridized carbons (Fsp3) is 0.952. The van der Waals surface area contributed by atoms with Crippen LogP contribution >= 0.6 is 0 Å². The van der Waals surface area contributed by atoms with Crippen LogP contribution in [0, 0.1) is 23.7 Å². The monoisotopic (exact) mass is 803 g/mol. The molecule has 4 N–H and O–H groups in total. The number of Topliss-reactive ketones (excluding diaryl/α,β-unsaturated/α-hetero) is 1. The highest BCUT2D eigenvalue weighted by Crippen LogP contribution is 2.41. The largest absolute Gasteiger partial charge is 0.459 e. The van der Waals surface area contributed by atoms with Crippen LogP contribution in [0.25, 0.3) is 0 Å². The Morgan fingerprint density at radius 3 is 2.16 bits per heavy atom. The van der Waals surface area contributed by atoms with E-state index in [0.29, 0.717) is 19.4 Å². The van der Waals surface area contributed by atoms with Gasteiger partial charge in [-0.05, 0) is 94.8 Å². The molecule has 3 fully saturated rings. The molecule has 3 heterocycles. The van der Waals surface area contributed by atoms with Crippen LogP contribution in [-0.4, -0.2) is 161 Å². The van der Waals surface area contributed by atoms with Crippen molar-refractivity contribution in [3.63, 3.8) is 0 Å². The van der Waals surface area contributed by atoms with Crippen molar-refractivity contribution in [3.8, 4) is 0 Å². The molecular formula is C42H78N2O12. The van der Waals surface area contributed by atoms with Gasteiger partial charge < -0.3 is 58.6 Å². The summed E-state index contributed by atoms with van der Waals surface area (Å²) in [6.45, 7) is 20.4. The number of carbonyl (C=O) groups excluding carboxylic acids is 2. The summed E-state index contributed by atoms with van der Waals surface area (Å²) in [6.07, 6.45) is -6.36. The number of methoxy groups -OCH3 is 1. The lowest BCUT2D eigenvalue weighted by Crippen LogP contribution is -2.60. The molecule has 3 aliphatic rings. The maximum atomic E-state index is 14.5. The van der Waals surface area contributed by atoms with Gasteiger partial charge in [0.15, 0.2) is 12.6 Å². The normalized spacial score (nSPS) is 46.9. The van der Waals surface area contributed by atoms with E-state index in [1.807, 2.05) is 60.7 Å². The van der Waals surface area contributed by atoms with Crippen LogP contribution in [-0.2, 0) is 38.0 Å². The highest BCUT2D eigenvalue weighted by atomic mass is 16.7. The fourth-order valence-electron chi connectivity index (χ4n) is 9.62. The lowest BCUT2D eigenvalue weighted by atomic mass is 9.75. The Labute approximate surface area is 336 Å². The maximum Gasteiger partial charge on any atom is 0.311 e. The minimum absolute atomic E-state index is 0.00548. The van der Waals surface area contributed by atoms with Gasteiger partial charge in [0.2, 0.25) is 0 Å². The summed E-state index contributed by atoms with van der Waals surface area (Å²) in [5.74, 6) is -3.11. The van der Waals surface area contributed by atoms with Crippen LogP contribution in [0.5, 0.6) is 0 Å². The van der Waals surface area contributed by atoms with Gasteiger partial charge in [0.05, 0.1) is 41.5 Å². The first-order valence-corrected chi connectivity index (χ1v) is 20.9. The Hall–Kier alpha value is -1.30. The van der Waals surface area contributed by atoms with Gasteiger partial charge in [-0.15, -0.1) is 0 Å². The van der Waals surface area contributed by atoms with E-state index in [9.17, 15) is 30.0 Å². The summed E-state index contributed by atoms with van der Waals surface area (Å²) in [5.41, 5.74) is -4.17. The summed E-state index contributed by atoms with van der Waals surface area (Å²) >= 11 is 0. The summed E-state index contributed by atoms with van der Waals surface area (Å²) in [5, 5.41) is 47.6. The number of likely N-dealkylation sites (N-methyl/N-ethyl adjacent to an activating group) is 1. The van der Waals surface area contributed by atoms with Crippen molar-refractivity contribution in [3.05, 3.63) is 0 Å². The SMILES string of the molecule is CCC(=O)C[C@@H]1[C@@H](C)N(C)C[C@H](C)C[C@@](C)(O)[C@H](O[C@@H]2O[C@H](C)C[C@H](N(C)C)[C@H]2O)[C@@H](C)[C@H](O[C@H]2C[C@@](C)(OC)[C@@H](O)[C@H](C)O2)[C@@H](C)C(=O)O[C@H](CC)[C@@]1(C)O. The first kappa shape index (κ1) is 49.1. The van der Waals surface area contributed by atoms with E-state index in [4.69, 9.17) is 28.4 Å². The number of hydrogen-bond donors (Lipinski definition) is 4. The van der Waals surface area contributed by atoms with Gasteiger partial charge >= 0.3 is 5.97 Å². The molecule has 18 atom stereocenters. The summed E-state index contributed by atoms with van der Waals surface area (Å²) < 4.78 is 38.0. The molecule has 14 heteroatoms. The molecule has 14 nitrogen and oxygen atoms in total. The lowest BCUT2D eigenvalue weighted by Gasteiger charge is -2.48. The predicted molar refractivity (Wildman–Crippen MR) is 212 cm³/mol. The van der Waals surface area contributed by atoms with E-state index in [1.165, 1.54) is 7.11 Å². The lowest BCUT2D eigenvalue weighted by molar-refractivity contribution is -0.318. The standard InChI is InChI=1S/C42H78N2O12/c1-16-29(45)19-30-27(7)44(14)22-23(3)20-40(9,49)37(56-39-34(46)31(43(12)13)18-24(4)52-39)25(5)35(26(6)38(48)54-32(17-2)42(30,11)50)55-33-21-41(10,51-15)36(47)28(8)53-33/h23-28,30-37,39,46-47,49-50H,16-22H2,1-15H3/t23-,24-,25+,26-,27-,28+,30-,31+,32-,33+,34-,35+,36+,37-,39+,40-,41-,42+/m1/s1. The first-order chi connectivity index (χ1) is 25.8. The second-order valence-corrected chi connectivity index (χ2v) is 18.4. The van der Waals surface area contributed by atoms with Crippen molar-refractivity contribution in [2.75, 3.05) is 34.8 Å². The van der Waals surface area contributed by atoms with Crippen LogP contribution in [0.1, 0.15) is 115 Å². The topological polar surface area (TPSA) is 177 Å². The van der Waals surface area contributed by atoms with Crippen molar-refractivity contribution in [1.82, 2.24) is 9.80 Å². The molecule has 0 aromatic rings. The maximum absolute atomic E-state index is 14.5. The molecule has 0 saturated carbocycles. The Morgan fingerprint density at radius 1 is 0.982 bits per heavy atom. The zero-order valence-electron chi connectivity index (χ0n) is 37.1. The minimum atomic E-state index is -1.59. The molecule has 0 radical (unpaired) electrons.